The molecule has 1 heterocycles. The van der Waals surface area contributed by atoms with Gasteiger partial charge < -0.3 is 25.3 Å². The highest BCUT2D eigenvalue weighted by atomic mass is 35.5. The Morgan fingerprint density at radius 1 is 1.24 bits per heavy atom. The van der Waals surface area contributed by atoms with E-state index in [9.17, 15) is 14.9 Å². The van der Waals surface area contributed by atoms with Crippen molar-refractivity contribution in [1.82, 2.24) is 0 Å². The van der Waals surface area contributed by atoms with Gasteiger partial charge in [-0.2, -0.15) is 5.26 Å². The lowest BCUT2D eigenvalue weighted by atomic mass is 9.83. The molecule has 2 aromatic carbocycles. The Kier molecular flexibility index (Phi) is 8.05. The molecule has 0 fully saturated rings. The summed E-state index contributed by atoms with van der Waals surface area (Å²) in [7, 11) is 0. The van der Waals surface area contributed by atoms with Crippen molar-refractivity contribution in [3.05, 3.63) is 80.9 Å². The fourth-order valence-corrected chi connectivity index (χ4v) is 3.76. The highest BCUT2D eigenvalue weighted by Gasteiger charge is 2.36. The number of hydrogen-bond acceptors (Lipinski definition) is 7. The first-order chi connectivity index (χ1) is 16.3. The number of nitrogens with one attached hydrogen (secondary N) is 1. The number of anilines is 1. The van der Waals surface area contributed by atoms with Gasteiger partial charge in [0.15, 0.2) is 6.61 Å². The van der Waals surface area contributed by atoms with Crippen LogP contribution in [-0.2, 0) is 19.1 Å². The first-order valence-corrected chi connectivity index (χ1v) is 10.9. The van der Waals surface area contributed by atoms with Crippen molar-refractivity contribution in [1.29, 1.82) is 5.26 Å². The highest BCUT2D eigenvalue weighted by molar-refractivity contribution is 6.44. The average Bonchev–Trinajstić information content (AvgIpc) is 2.80. The van der Waals surface area contributed by atoms with Crippen LogP contribution in [0.15, 0.2) is 65.3 Å². The number of nitriles is 1. The number of nitrogens with zero attached hydrogens (tertiary/aromatic N) is 1. The van der Waals surface area contributed by atoms with E-state index in [0.717, 1.165) is 0 Å². The molecule has 0 aromatic heterocycles. The van der Waals surface area contributed by atoms with Gasteiger partial charge >= 0.3 is 5.97 Å². The summed E-state index contributed by atoms with van der Waals surface area (Å²) in [5.74, 6) is -1.40. The number of benzene rings is 2. The zero-order chi connectivity index (χ0) is 24.8. The fraction of sp³-hybridized carbons (Fsp3) is 0.208. The number of amides is 1. The van der Waals surface area contributed by atoms with Crippen molar-refractivity contribution in [2.24, 2.45) is 5.73 Å². The Balaban J connectivity index is 1.83. The monoisotopic (exact) mass is 501 g/mol. The number of rotatable bonds is 7. The number of esters is 1. The molecule has 1 atom stereocenters. The van der Waals surface area contributed by atoms with Crippen LogP contribution in [-0.4, -0.2) is 25.1 Å². The largest absolute Gasteiger partial charge is 0.484 e. The molecule has 0 radical (unpaired) electrons. The molecule has 0 aliphatic carbocycles. The van der Waals surface area contributed by atoms with E-state index in [-0.39, 0.29) is 41.0 Å². The molecular formula is C24H21Cl2N3O5. The number of hydrogen-bond donors (Lipinski definition) is 2. The van der Waals surface area contributed by atoms with Gasteiger partial charge in [0.25, 0.3) is 5.91 Å². The zero-order valence-corrected chi connectivity index (χ0v) is 19.9. The van der Waals surface area contributed by atoms with Gasteiger partial charge in [-0.15, -0.1) is 0 Å². The number of halogens is 2. The summed E-state index contributed by atoms with van der Waals surface area (Å²) in [5, 5.41) is 12.9. The molecule has 8 nitrogen and oxygen atoms in total. The molecule has 3 rings (SSSR count). The Hall–Kier alpha value is -3.67. The minimum Gasteiger partial charge on any atom is -0.484 e. The number of carbonyl (C=O) groups is 2. The van der Waals surface area contributed by atoms with E-state index >= 15 is 0 Å². The van der Waals surface area contributed by atoms with Crippen LogP contribution in [0.3, 0.4) is 0 Å². The highest BCUT2D eigenvalue weighted by Crippen LogP contribution is 2.40. The maximum atomic E-state index is 12.6. The van der Waals surface area contributed by atoms with Crippen LogP contribution in [0.1, 0.15) is 25.3 Å². The number of allylic oxidation sites excluding steroid dienone is 2. The van der Waals surface area contributed by atoms with Crippen molar-refractivity contribution in [2.45, 2.75) is 19.8 Å². The molecule has 1 unspecified atom stereocenters. The standard InChI is InChI=1S/C24H21Cl2N3O5/c1-3-32-24(31)20-13(2)34-23(28)16(11-27)21(20)14-6-4-7-15(10-14)33-12-19(30)29-18-9-5-8-17(25)22(18)26/h4-10,21H,3,12,28H2,1-2H3,(H,29,30). The lowest BCUT2D eigenvalue weighted by molar-refractivity contribution is -0.139. The summed E-state index contributed by atoms with van der Waals surface area (Å²) in [4.78, 5) is 25.0. The lowest BCUT2D eigenvalue weighted by Gasteiger charge is -2.27. The van der Waals surface area contributed by atoms with Gasteiger partial charge in [-0.25, -0.2) is 4.79 Å². The van der Waals surface area contributed by atoms with Gasteiger partial charge in [0.1, 0.15) is 23.2 Å². The normalized spacial score (nSPS) is 15.3. The third-order valence-corrected chi connectivity index (χ3v) is 5.71. The topological polar surface area (TPSA) is 124 Å². The Bertz CT molecular complexity index is 1230. The van der Waals surface area contributed by atoms with E-state index in [1.54, 1.807) is 56.3 Å². The summed E-state index contributed by atoms with van der Waals surface area (Å²) >= 11 is 12.1. The molecule has 2 aromatic rings. The van der Waals surface area contributed by atoms with Crippen molar-refractivity contribution in [3.63, 3.8) is 0 Å². The lowest BCUT2D eigenvalue weighted by Crippen LogP contribution is -2.25. The summed E-state index contributed by atoms with van der Waals surface area (Å²) in [6, 6.07) is 13.5. The Labute approximate surface area is 206 Å². The van der Waals surface area contributed by atoms with E-state index in [2.05, 4.69) is 5.32 Å². The van der Waals surface area contributed by atoms with Gasteiger partial charge in [-0.1, -0.05) is 41.4 Å². The predicted molar refractivity (Wildman–Crippen MR) is 127 cm³/mol. The van der Waals surface area contributed by atoms with E-state index in [1.165, 1.54) is 0 Å². The quantitative estimate of drug-likeness (QED) is 0.528. The van der Waals surface area contributed by atoms with Crippen LogP contribution in [0.4, 0.5) is 5.69 Å². The fourth-order valence-electron chi connectivity index (χ4n) is 3.41. The van der Waals surface area contributed by atoms with E-state index in [1.807, 2.05) is 6.07 Å². The smallest absolute Gasteiger partial charge is 0.338 e. The summed E-state index contributed by atoms with van der Waals surface area (Å²) in [6.07, 6.45) is 0. The van der Waals surface area contributed by atoms with Crippen molar-refractivity contribution < 1.29 is 23.8 Å². The van der Waals surface area contributed by atoms with Gasteiger partial charge in [0.2, 0.25) is 5.88 Å². The van der Waals surface area contributed by atoms with Crippen molar-refractivity contribution in [2.75, 3.05) is 18.5 Å². The van der Waals surface area contributed by atoms with Crippen LogP contribution in [0.25, 0.3) is 0 Å². The third kappa shape index (κ3) is 5.45. The molecule has 3 N–H and O–H groups in total. The molecule has 1 aliphatic rings. The van der Waals surface area contributed by atoms with Crippen molar-refractivity contribution in [3.8, 4) is 11.8 Å². The zero-order valence-electron chi connectivity index (χ0n) is 18.4. The molecule has 34 heavy (non-hydrogen) atoms. The van der Waals surface area contributed by atoms with E-state index in [4.69, 9.17) is 43.1 Å². The second kappa shape index (κ2) is 11.0. The number of nitrogens with two attached hydrogens (primary N) is 1. The predicted octanol–water partition coefficient (Wildman–Crippen LogP) is 4.66. The van der Waals surface area contributed by atoms with Crippen LogP contribution in [0, 0.1) is 11.3 Å². The van der Waals surface area contributed by atoms with Crippen LogP contribution in [0.5, 0.6) is 5.75 Å². The summed E-state index contributed by atoms with van der Waals surface area (Å²) in [5.41, 5.74) is 7.06. The second-order valence-corrected chi connectivity index (χ2v) is 7.91. The molecular weight excluding hydrogens is 481 g/mol. The SMILES string of the molecule is CCOC(=O)C1=C(C)OC(N)=C(C#N)C1c1cccc(OCC(=O)Nc2cccc(Cl)c2Cl)c1. The molecule has 0 spiro atoms. The molecule has 0 saturated heterocycles. The Morgan fingerprint density at radius 2 is 1.97 bits per heavy atom. The minimum absolute atomic E-state index is 0.0687. The minimum atomic E-state index is -0.819. The first kappa shape index (κ1) is 25.0. The molecule has 176 valence electrons. The van der Waals surface area contributed by atoms with E-state index < -0.39 is 17.8 Å². The van der Waals surface area contributed by atoms with Gasteiger partial charge in [0, 0.05) is 0 Å². The maximum absolute atomic E-state index is 12.6. The summed E-state index contributed by atoms with van der Waals surface area (Å²) in [6.45, 7) is 3.09. The first-order valence-electron chi connectivity index (χ1n) is 10.2. The molecule has 10 heteroatoms. The van der Waals surface area contributed by atoms with Crippen molar-refractivity contribution >= 4 is 40.8 Å². The van der Waals surface area contributed by atoms with Crippen LogP contribution < -0.4 is 15.8 Å². The number of carbonyl (C=O) groups excluding carboxylic acids is 2. The third-order valence-electron chi connectivity index (χ3n) is 4.89. The van der Waals surface area contributed by atoms with Gasteiger partial charge in [-0.3, -0.25) is 4.79 Å². The summed E-state index contributed by atoms with van der Waals surface area (Å²) < 4.78 is 16.2. The number of ether oxygens (including phenoxy) is 3. The average molecular weight is 502 g/mol. The van der Waals surface area contributed by atoms with Crippen LogP contribution >= 0.6 is 23.2 Å². The van der Waals surface area contributed by atoms with E-state index in [0.29, 0.717) is 22.0 Å². The maximum Gasteiger partial charge on any atom is 0.338 e. The Morgan fingerprint density at radius 3 is 2.68 bits per heavy atom. The van der Waals surface area contributed by atoms with Gasteiger partial charge in [0.05, 0.1) is 33.8 Å². The molecule has 0 bridgehead atoms. The molecule has 0 saturated carbocycles. The van der Waals surface area contributed by atoms with Gasteiger partial charge in [-0.05, 0) is 43.7 Å². The van der Waals surface area contributed by atoms with Crippen LogP contribution in [0.2, 0.25) is 10.0 Å². The second-order valence-electron chi connectivity index (χ2n) is 7.13. The molecule has 1 aliphatic heterocycles. The molecule has 1 amide bonds.